The molecule has 1 heterocycles. The average molecular weight is 411 g/mol. The second kappa shape index (κ2) is 10.4. The van der Waals surface area contributed by atoms with Crippen molar-refractivity contribution in [3.05, 3.63) is 77.2 Å². The predicted octanol–water partition coefficient (Wildman–Crippen LogP) is 3.95. The summed E-state index contributed by atoms with van der Waals surface area (Å²) in [5.41, 5.74) is 2.34. The SMILES string of the molecule is COc1cc(OC)c(C(=O)NCc2cccc(COCc3ccco3)c2)cc1OC. The molecule has 1 amide bonds. The van der Waals surface area contributed by atoms with Gasteiger partial charge in [0.1, 0.15) is 18.1 Å². The number of ether oxygens (including phenoxy) is 4. The molecule has 3 rings (SSSR count). The fraction of sp³-hybridized carbons (Fsp3) is 0.261. The van der Waals surface area contributed by atoms with Gasteiger partial charge in [-0.25, -0.2) is 0 Å². The monoisotopic (exact) mass is 411 g/mol. The maximum Gasteiger partial charge on any atom is 0.255 e. The van der Waals surface area contributed by atoms with Crippen molar-refractivity contribution in [2.24, 2.45) is 0 Å². The van der Waals surface area contributed by atoms with Crippen LogP contribution in [0, 0.1) is 0 Å². The molecule has 0 atom stereocenters. The third-order valence-electron chi connectivity index (χ3n) is 4.49. The van der Waals surface area contributed by atoms with Crippen LogP contribution in [-0.2, 0) is 24.5 Å². The molecule has 0 fully saturated rings. The number of methoxy groups -OCH3 is 3. The topological polar surface area (TPSA) is 79.2 Å². The van der Waals surface area contributed by atoms with Crippen LogP contribution in [0.25, 0.3) is 0 Å². The second-order valence-corrected chi connectivity index (χ2v) is 6.48. The van der Waals surface area contributed by atoms with Gasteiger partial charge in [0.05, 0.1) is 39.8 Å². The number of rotatable bonds is 10. The van der Waals surface area contributed by atoms with E-state index in [2.05, 4.69) is 5.32 Å². The number of hydrogen-bond acceptors (Lipinski definition) is 6. The molecule has 0 spiro atoms. The molecule has 158 valence electrons. The van der Waals surface area contributed by atoms with Crippen LogP contribution in [0.2, 0.25) is 0 Å². The number of furan rings is 1. The summed E-state index contributed by atoms with van der Waals surface area (Å²) in [7, 11) is 4.55. The first kappa shape index (κ1) is 21.3. The Morgan fingerprint density at radius 1 is 0.867 bits per heavy atom. The van der Waals surface area contributed by atoms with Gasteiger partial charge in [-0.3, -0.25) is 4.79 Å². The van der Waals surface area contributed by atoms with Crippen LogP contribution >= 0.6 is 0 Å². The molecule has 3 aromatic rings. The van der Waals surface area contributed by atoms with Crippen molar-refractivity contribution in [3.63, 3.8) is 0 Å². The van der Waals surface area contributed by atoms with E-state index >= 15 is 0 Å². The van der Waals surface area contributed by atoms with E-state index in [1.54, 1.807) is 18.4 Å². The van der Waals surface area contributed by atoms with Gasteiger partial charge in [0, 0.05) is 18.7 Å². The Balaban J connectivity index is 1.62. The highest BCUT2D eigenvalue weighted by atomic mass is 16.5. The number of amides is 1. The van der Waals surface area contributed by atoms with Crippen molar-refractivity contribution in [2.75, 3.05) is 21.3 Å². The Bertz CT molecular complexity index is 968. The van der Waals surface area contributed by atoms with Crippen molar-refractivity contribution >= 4 is 5.91 Å². The summed E-state index contributed by atoms with van der Waals surface area (Å²) < 4.78 is 26.8. The molecular formula is C23H25NO6. The standard InChI is InChI=1S/C23H25NO6/c1-26-20-12-22(28-3)21(27-2)11-19(20)23(25)24-13-16-6-4-7-17(10-16)14-29-15-18-8-5-9-30-18/h4-12H,13-15H2,1-3H3,(H,24,25). The van der Waals surface area contributed by atoms with Crippen LogP contribution < -0.4 is 19.5 Å². The van der Waals surface area contributed by atoms with E-state index in [1.165, 1.54) is 21.3 Å². The molecule has 7 heteroatoms. The van der Waals surface area contributed by atoms with Gasteiger partial charge in [0.25, 0.3) is 5.91 Å². The first-order valence-electron chi connectivity index (χ1n) is 9.40. The molecule has 30 heavy (non-hydrogen) atoms. The first-order valence-corrected chi connectivity index (χ1v) is 9.40. The Hall–Kier alpha value is -3.45. The Morgan fingerprint density at radius 3 is 2.30 bits per heavy atom. The zero-order valence-corrected chi connectivity index (χ0v) is 17.3. The highest BCUT2D eigenvalue weighted by Crippen LogP contribution is 2.34. The summed E-state index contributed by atoms with van der Waals surface area (Å²) in [5.74, 6) is 1.87. The number of hydrogen-bond donors (Lipinski definition) is 1. The second-order valence-electron chi connectivity index (χ2n) is 6.48. The molecule has 0 aliphatic carbocycles. The molecule has 0 bridgehead atoms. The largest absolute Gasteiger partial charge is 0.496 e. The normalized spacial score (nSPS) is 10.5. The fourth-order valence-corrected chi connectivity index (χ4v) is 2.98. The molecule has 0 unspecified atom stereocenters. The third kappa shape index (κ3) is 5.33. The van der Waals surface area contributed by atoms with Crippen LogP contribution in [0.4, 0.5) is 0 Å². The highest BCUT2D eigenvalue weighted by Gasteiger charge is 2.17. The Labute approximate surface area is 175 Å². The molecular weight excluding hydrogens is 386 g/mol. The summed E-state index contributed by atoms with van der Waals surface area (Å²) in [5, 5.41) is 2.91. The number of nitrogens with one attached hydrogen (secondary N) is 1. The van der Waals surface area contributed by atoms with E-state index in [0.717, 1.165) is 16.9 Å². The van der Waals surface area contributed by atoms with E-state index in [-0.39, 0.29) is 5.91 Å². The van der Waals surface area contributed by atoms with Gasteiger partial charge in [-0.15, -0.1) is 0 Å². The zero-order chi connectivity index (χ0) is 21.3. The van der Waals surface area contributed by atoms with Crippen LogP contribution in [-0.4, -0.2) is 27.2 Å². The molecule has 1 N–H and O–H groups in total. The van der Waals surface area contributed by atoms with Crippen molar-refractivity contribution < 1.29 is 28.2 Å². The summed E-state index contributed by atoms with van der Waals surface area (Å²) in [6.45, 7) is 1.22. The maximum atomic E-state index is 12.7. The Kier molecular flexibility index (Phi) is 7.34. The lowest BCUT2D eigenvalue weighted by Crippen LogP contribution is -2.23. The van der Waals surface area contributed by atoms with E-state index in [4.69, 9.17) is 23.4 Å². The van der Waals surface area contributed by atoms with E-state index in [9.17, 15) is 4.79 Å². The smallest absolute Gasteiger partial charge is 0.255 e. The van der Waals surface area contributed by atoms with Gasteiger partial charge in [-0.05, 0) is 23.3 Å². The lowest BCUT2D eigenvalue weighted by Gasteiger charge is -2.14. The van der Waals surface area contributed by atoms with Gasteiger partial charge in [0.15, 0.2) is 11.5 Å². The van der Waals surface area contributed by atoms with Crippen LogP contribution in [0.15, 0.2) is 59.2 Å². The molecule has 0 radical (unpaired) electrons. The van der Waals surface area contributed by atoms with E-state index in [0.29, 0.717) is 42.6 Å². The van der Waals surface area contributed by atoms with Gasteiger partial charge < -0.3 is 28.7 Å². The minimum absolute atomic E-state index is 0.271. The van der Waals surface area contributed by atoms with Gasteiger partial charge in [-0.1, -0.05) is 24.3 Å². The van der Waals surface area contributed by atoms with E-state index < -0.39 is 0 Å². The minimum atomic E-state index is -0.271. The third-order valence-corrected chi connectivity index (χ3v) is 4.49. The Morgan fingerprint density at radius 2 is 1.60 bits per heavy atom. The molecule has 7 nitrogen and oxygen atoms in total. The zero-order valence-electron chi connectivity index (χ0n) is 17.3. The van der Waals surface area contributed by atoms with E-state index in [1.807, 2.05) is 36.4 Å². The maximum absolute atomic E-state index is 12.7. The number of carbonyl (C=O) groups excluding carboxylic acids is 1. The average Bonchev–Trinajstić information content (AvgIpc) is 3.30. The molecule has 1 aromatic heterocycles. The summed E-state index contributed by atoms with van der Waals surface area (Å²) in [6, 6.07) is 14.8. The summed E-state index contributed by atoms with van der Waals surface area (Å²) in [4.78, 5) is 12.7. The highest BCUT2D eigenvalue weighted by molar-refractivity contribution is 5.97. The van der Waals surface area contributed by atoms with Gasteiger partial charge in [-0.2, -0.15) is 0 Å². The number of carbonyl (C=O) groups is 1. The fourth-order valence-electron chi connectivity index (χ4n) is 2.98. The molecule has 0 aliphatic heterocycles. The van der Waals surface area contributed by atoms with Crippen molar-refractivity contribution in [3.8, 4) is 17.2 Å². The van der Waals surface area contributed by atoms with Crippen LogP contribution in [0.1, 0.15) is 27.2 Å². The lowest BCUT2D eigenvalue weighted by atomic mass is 10.1. The summed E-state index contributed by atoms with van der Waals surface area (Å²) in [6.07, 6.45) is 1.62. The molecule has 0 aliphatic rings. The minimum Gasteiger partial charge on any atom is -0.496 e. The number of benzene rings is 2. The quantitative estimate of drug-likeness (QED) is 0.544. The molecule has 0 saturated carbocycles. The van der Waals surface area contributed by atoms with Crippen molar-refractivity contribution in [1.29, 1.82) is 0 Å². The molecule has 0 saturated heterocycles. The molecule has 2 aromatic carbocycles. The van der Waals surface area contributed by atoms with Crippen molar-refractivity contribution in [2.45, 2.75) is 19.8 Å². The van der Waals surface area contributed by atoms with Gasteiger partial charge >= 0.3 is 0 Å². The van der Waals surface area contributed by atoms with Crippen molar-refractivity contribution in [1.82, 2.24) is 5.32 Å². The lowest BCUT2D eigenvalue weighted by molar-refractivity contribution is 0.0928. The first-order chi connectivity index (χ1) is 14.6. The van der Waals surface area contributed by atoms with Crippen LogP contribution in [0.3, 0.4) is 0 Å². The van der Waals surface area contributed by atoms with Crippen LogP contribution in [0.5, 0.6) is 17.2 Å². The predicted molar refractivity (Wildman–Crippen MR) is 111 cm³/mol. The van der Waals surface area contributed by atoms with Gasteiger partial charge in [0.2, 0.25) is 0 Å². The summed E-state index contributed by atoms with van der Waals surface area (Å²) >= 11 is 0.